The molecule has 0 bridgehead atoms. The van der Waals surface area contributed by atoms with Gasteiger partial charge >= 0.3 is 0 Å². The van der Waals surface area contributed by atoms with Crippen LogP contribution in [0.15, 0.2) is 18.5 Å². The number of nitrogens with one attached hydrogen (secondary N) is 1. The minimum absolute atomic E-state index is 0.628. The van der Waals surface area contributed by atoms with Crippen LogP contribution >= 0.6 is 0 Å². The summed E-state index contributed by atoms with van der Waals surface area (Å²) in [7, 11) is 3.52. The summed E-state index contributed by atoms with van der Waals surface area (Å²) < 4.78 is 5.44. The summed E-state index contributed by atoms with van der Waals surface area (Å²) >= 11 is 0. The van der Waals surface area contributed by atoms with Gasteiger partial charge in [0.1, 0.15) is 5.75 Å². The van der Waals surface area contributed by atoms with Crippen molar-refractivity contribution in [2.75, 3.05) is 19.5 Å². The minimum atomic E-state index is 0.628. The van der Waals surface area contributed by atoms with Crippen molar-refractivity contribution in [2.24, 2.45) is 0 Å². The van der Waals surface area contributed by atoms with Gasteiger partial charge in [0.25, 0.3) is 0 Å². The van der Waals surface area contributed by atoms with Crippen molar-refractivity contribution in [3.8, 4) is 16.9 Å². The maximum Gasteiger partial charge on any atom is 0.222 e. The van der Waals surface area contributed by atoms with Gasteiger partial charge < -0.3 is 10.1 Å². The van der Waals surface area contributed by atoms with Gasteiger partial charge in [0.05, 0.1) is 7.11 Å². The first kappa shape index (κ1) is 13.3. The Balaban J connectivity index is 2.56. The molecule has 0 saturated carbocycles. The van der Waals surface area contributed by atoms with E-state index in [0.717, 1.165) is 28.0 Å². The van der Waals surface area contributed by atoms with Crippen LogP contribution in [0.1, 0.15) is 16.7 Å². The number of benzene rings is 1. The smallest absolute Gasteiger partial charge is 0.222 e. The third kappa shape index (κ3) is 2.38. The Morgan fingerprint density at radius 1 is 1.05 bits per heavy atom. The number of aromatic nitrogens is 2. The van der Waals surface area contributed by atoms with Gasteiger partial charge in [-0.15, -0.1) is 0 Å². The number of aryl methyl sites for hydroxylation is 1. The quantitative estimate of drug-likeness (QED) is 0.917. The van der Waals surface area contributed by atoms with Crippen molar-refractivity contribution in [2.45, 2.75) is 20.8 Å². The molecular weight excluding hydrogens is 238 g/mol. The van der Waals surface area contributed by atoms with E-state index in [9.17, 15) is 0 Å². The largest absolute Gasteiger partial charge is 0.496 e. The van der Waals surface area contributed by atoms with E-state index in [2.05, 4.69) is 42.1 Å². The second-order valence-electron chi connectivity index (χ2n) is 4.57. The Labute approximate surface area is 113 Å². The van der Waals surface area contributed by atoms with Crippen LogP contribution in [0.2, 0.25) is 0 Å². The third-order valence-electron chi connectivity index (χ3n) is 3.42. The summed E-state index contributed by atoms with van der Waals surface area (Å²) in [6, 6.07) is 2.12. The molecule has 1 aromatic heterocycles. The minimum Gasteiger partial charge on any atom is -0.496 e. The zero-order chi connectivity index (χ0) is 14.0. The number of nitrogens with zero attached hydrogens (tertiary/aromatic N) is 2. The van der Waals surface area contributed by atoms with Gasteiger partial charge in [-0.3, -0.25) is 0 Å². The van der Waals surface area contributed by atoms with Gasteiger partial charge in [-0.1, -0.05) is 0 Å². The molecule has 0 radical (unpaired) electrons. The van der Waals surface area contributed by atoms with Crippen LogP contribution < -0.4 is 10.1 Å². The number of anilines is 1. The van der Waals surface area contributed by atoms with E-state index in [-0.39, 0.29) is 0 Å². The topological polar surface area (TPSA) is 47.0 Å². The van der Waals surface area contributed by atoms with Crippen molar-refractivity contribution in [1.82, 2.24) is 9.97 Å². The standard InChI is InChI=1S/C15H19N3O/c1-9-6-13(10(2)11(3)14(9)19-5)12-7-17-15(16-4)18-8-12/h6-8H,1-5H3,(H,16,17,18). The van der Waals surface area contributed by atoms with E-state index < -0.39 is 0 Å². The summed E-state index contributed by atoms with van der Waals surface area (Å²) in [6.07, 6.45) is 3.68. The maximum atomic E-state index is 5.44. The molecule has 0 aliphatic rings. The van der Waals surface area contributed by atoms with Crippen LogP contribution in [-0.2, 0) is 0 Å². The van der Waals surface area contributed by atoms with Crippen LogP contribution in [0, 0.1) is 20.8 Å². The summed E-state index contributed by atoms with van der Waals surface area (Å²) in [6.45, 7) is 6.23. The molecule has 0 fully saturated rings. The first-order valence-corrected chi connectivity index (χ1v) is 6.23. The highest BCUT2D eigenvalue weighted by atomic mass is 16.5. The van der Waals surface area contributed by atoms with Crippen molar-refractivity contribution in [3.05, 3.63) is 35.2 Å². The van der Waals surface area contributed by atoms with Gasteiger partial charge in [0.2, 0.25) is 5.95 Å². The molecule has 0 saturated heterocycles. The lowest BCUT2D eigenvalue weighted by Crippen LogP contribution is -1.99. The first-order valence-electron chi connectivity index (χ1n) is 6.23. The van der Waals surface area contributed by atoms with E-state index in [1.807, 2.05) is 19.4 Å². The third-order valence-corrected chi connectivity index (χ3v) is 3.42. The Kier molecular flexibility index (Phi) is 3.69. The highest BCUT2D eigenvalue weighted by Crippen LogP contribution is 2.33. The fourth-order valence-electron chi connectivity index (χ4n) is 2.27. The van der Waals surface area contributed by atoms with Crippen molar-refractivity contribution in [1.29, 1.82) is 0 Å². The van der Waals surface area contributed by atoms with E-state index in [4.69, 9.17) is 4.74 Å². The lowest BCUT2D eigenvalue weighted by Gasteiger charge is -2.15. The van der Waals surface area contributed by atoms with E-state index >= 15 is 0 Å². The predicted octanol–water partition coefficient (Wildman–Crippen LogP) is 3.12. The molecule has 2 rings (SSSR count). The molecule has 2 aromatic rings. The second kappa shape index (κ2) is 5.26. The molecule has 4 nitrogen and oxygen atoms in total. The Hall–Kier alpha value is -2.10. The molecule has 0 aliphatic carbocycles. The molecule has 19 heavy (non-hydrogen) atoms. The lowest BCUT2D eigenvalue weighted by molar-refractivity contribution is 0.408. The fraction of sp³-hybridized carbons (Fsp3) is 0.333. The second-order valence-corrected chi connectivity index (χ2v) is 4.57. The van der Waals surface area contributed by atoms with Crippen molar-refractivity contribution >= 4 is 5.95 Å². The van der Waals surface area contributed by atoms with E-state index in [0.29, 0.717) is 5.95 Å². The molecule has 0 aliphatic heterocycles. The predicted molar refractivity (Wildman–Crippen MR) is 77.8 cm³/mol. The van der Waals surface area contributed by atoms with Crippen molar-refractivity contribution in [3.63, 3.8) is 0 Å². The average Bonchev–Trinajstić information content (AvgIpc) is 2.43. The molecule has 0 atom stereocenters. The Bertz CT molecular complexity index is 591. The number of ether oxygens (including phenoxy) is 1. The molecule has 4 heteroatoms. The zero-order valence-electron chi connectivity index (χ0n) is 12.0. The van der Waals surface area contributed by atoms with Crippen LogP contribution in [0.25, 0.3) is 11.1 Å². The monoisotopic (exact) mass is 257 g/mol. The summed E-state index contributed by atoms with van der Waals surface area (Å²) in [4.78, 5) is 8.53. The van der Waals surface area contributed by atoms with Gasteiger partial charge in [0.15, 0.2) is 0 Å². The molecule has 1 aromatic carbocycles. The zero-order valence-corrected chi connectivity index (χ0v) is 12.0. The summed E-state index contributed by atoms with van der Waals surface area (Å²) in [5, 5.41) is 2.92. The maximum absolute atomic E-state index is 5.44. The summed E-state index contributed by atoms with van der Waals surface area (Å²) in [5.74, 6) is 1.58. The Morgan fingerprint density at radius 2 is 1.68 bits per heavy atom. The number of rotatable bonds is 3. The van der Waals surface area contributed by atoms with Crippen LogP contribution in [0.4, 0.5) is 5.95 Å². The molecule has 100 valence electrons. The molecular formula is C15H19N3O. The van der Waals surface area contributed by atoms with Gasteiger partial charge in [-0.25, -0.2) is 9.97 Å². The molecule has 0 amide bonds. The lowest BCUT2D eigenvalue weighted by atomic mass is 9.95. The number of hydrogen-bond acceptors (Lipinski definition) is 4. The van der Waals surface area contributed by atoms with Crippen LogP contribution in [0.3, 0.4) is 0 Å². The fourth-order valence-corrected chi connectivity index (χ4v) is 2.27. The first-order chi connectivity index (χ1) is 9.08. The normalized spacial score (nSPS) is 10.4. The number of hydrogen-bond donors (Lipinski definition) is 1. The molecule has 0 unspecified atom stereocenters. The average molecular weight is 257 g/mol. The number of methoxy groups -OCH3 is 1. The van der Waals surface area contributed by atoms with Gasteiger partial charge in [-0.2, -0.15) is 0 Å². The highest BCUT2D eigenvalue weighted by Gasteiger charge is 2.12. The van der Waals surface area contributed by atoms with Gasteiger partial charge in [-0.05, 0) is 49.1 Å². The summed E-state index contributed by atoms with van der Waals surface area (Å²) in [5.41, 5.74) is 5.65. The molecule has 1 N–H and O–H groups in total. The van der Waals surface area contributed by atoms with E-state index in [1.165, 1.54) is 5.56 Å². The van der Waals surface area contributed by atoms with Crippen LogP contribution in [-0.4, -0.2) is 24.1 Å². The van der Waals surface area contributed by atoms with E-state index in [1.54, 1.807) is 7.11 Å². The molecule has 1 heterocycles. The van der Waals surface area contributed by atoms with Crippen LogP contribution in [0.5, 0.6) is 5.75 Å². The Morgan fingerprint density at radius 3 is 2.21 bits per heavy atom. The SMILES string of the molecule is CNc1ncc(-c2cc(C)c(OC)c(C)c2C)cn1. The highest BCUT2D eigenvalue weighted by molar-refractivity contribution is 5.70. The van der Waals surface area contributed by atoms with Crippen molar-refractivity contribution < 1.29 is 4.74 Å². The molecule has 0 spiro atoms. The van der Waals surface area contributed by atoms with Gasteiger partial charge in [0, 0.05) is 25.0 Å².